The normalized spacial score (nSPS) is 14.9. The van der Waals surface area contributed by atoms with Gasteiger partial charge in [0.2, 0.25) is 0 Å². The number of aliphatic hydroxyl groups is 1. The van der Waals surface area contributed by atoms with Crippen molar-refractivity contribution < 1.29 is 14.3 Å². The van der Waals surface area contributed by atoms with Crippen molar-refractivity contribution in [2.75, 3.05) is 13.1 Å². The molecule has 0 saturated heterocycles. The lowest BCUT2D eigenvalue weighted by Crippen LogP contribution is -2.39. The molecule has 0 saturated carbocycles. The van der Waals surface area contributed by atoms with Crippen molar-refractivity contribution in [3.8, 4) is 22.4 Å². The van der Waals surface area contributed by atoms with E-state index in [1.54, 1.807) is 44.2 Å². The number of carbonyl (C=O) groups excluding carboxylic acids is 1. The first-order chi connectivity index (χ1) is 15.6. The van der Waals surface area contributed by atoms with Gasteiger partial charge in [0.05, 0.1) is 17.3 Å². The van der Waals surface area contributed by atoms with Crippen LogP contribution >= 0.6 is 22.9 Å². The Bertz CT molecular complexity index is 1070. The summed E-state index contributed by atoms with van der Waals surface area (Å²) in [5, 5.41) is 15.8. The van der Waals surface area contributed by atoms with E-state index in [-0.39, 0.29) is 17.8 Å². The van der Waals surface area contributed by atoms with Crippen molar-refractivity contribution in [2.45, 2.75) is 38.8 Å². The van der Waals surface area contributed by atoms with E-state index >= 15 is 0 Å². The van der Waals surface area contributed by atoms with E-state index < -0.39 is 5.60 Å². The van der Waals surface area contributed by atoms with Crippen LogP contribution in [0.25, 0.3) is 22.4 Å². The third-order valence-electron chi connectivity index (χ3n) is 4.65. The van der Waals surface area contributed by atoms with Crippen molar-refractivity contribution in [1.29, 1.82) is 0 Å². The molecule has 1 aliphatic heterocycles. The average molecular weight is 496 g/mol. The number of nitrogens with zero attached hydrogens (tertiary/aromatic N) is 1. The minimum absolute atomic E-state index is 0.0265. The maximum atomic E-state index is 14.6. The molecule has 1 amide bonds. The smallest absolute Gasteiger partial charge is 0.268 e. The number of thiophene rings is 1. The fourth-order valence-corrected chi connectivity index (χ4v) is 4.31. The lowest BCUT2D eigenvalue weighted by atomic mass is 10.0. The van der Waals surface area contributed by atoms with Gasteiger partial charge in [-0.2, -0.15) is 11.3 Å². The number of amides is 1. The third-order valence-corrected chi connectivity index (χ3v) is 5.56. The Morgan fingerprint density at radius 1 is 1.24 bits per heavy atom. The van der Waals surface area contributed by atoms with Gasteiger partial charge in [-0.1, -0.05) is 11.6 Å². The summed E-state index contributed by atoms with van der Waals surface area (Å²) in [5.74, 6) is -0.534. The molecule has 1 atom stereocenters. The van der Waals surface area contributed by atoms with Gasteiger partial charge in [0.15, 0.2) is 0 Å². The molecule has 0 bridgehead atoms. The molecule has 0 fully saturated rings. The molecule has 4 N–H and O–H groups in total. The molecule has 10 heteroatoms. The summed E-state index contributed by atoms with van der Waals surface area (Å²) in [6.45, 7) is 6.24. The van der Waals surface area contributed by atoms with Crippen molar-refractivity contribution in [3.05, 3.63) is 67.6 Å². The predicted octanol–water partition coefficient (Wildman–Crippen LogP) is 5.15. The number of nitrogens with two attached hydrogens (primary N) is 1. The lowest BCUT2D eigenvalue weighted by molar-refractivity contribution is 0.0913. The second kappa shape index (κ2) is 11.5. The molecule has 3 heterocycles. The quantitative estimate of drug-likeness (QED) is 0.463. The standard InChI is InChI=1S/C19H17ClFN3OS.C4H10O.O2/c20-12-1-2-16(21)14(7-12)15-8-17-19(25)23-9-13(3-5-22)24(17)18(15)11-4-6-26-10-11;1-4(2,3)5;1-2/h1-2,4,6-8,10,13H,3,5,9,22H2,(H,23,25);5H,1-3H3;. The summed E-state index contributed by atoms with van der Waals surface area (Å²) in [7, 11) is 0. The lowest BCUT2D eigenvalue weighted by Gasteiger charge is -2.28. The van der Waals surface area contributed by atoms with Crippen LogP contribution in [0, 0.1) is 15.7 Å². The SMILES string of the molecule is CC(C)(C)O.NCCC1CNC(=O)c2cc(-c3cc(Cl)ccc3F)c(-c3ccsc3)n21.O=O. The van der Waals surface area contributed by atoms with Gasteiger partial charge in [-0.05, 0) is 69.4 Å². The van der Waals surface area contributed by atoms with E-state index in [0.29, 0.717) is 34.9 Å². The van der Waals surface area contributed by atoms with Crippen LogP contribution in [0.1, 0.15) is 43.7 Å². The van der Waals surface area contributed by atoms with Crippen LogP contribution in [-0.4, -0.2) is 34.3 Å². The second-order valence-corrected chi connectivity index (χ2v) is 9.63. The van der Waals surface area contributed by atoms with Crippen LogP contribution in [0.3, 0.4) is 0 Å². The zero-order valence-electron chi connectivity index (χ0n) is 18.6. The Kier molecular flexibility index (Phi) is 9.30. The number of carbonyl (C=O) groups is 1. The van der Waals surface area contributed by atoms with Crippen molar-refractivity contribution in [1.82, 2.24) is 9.88 Å². The van der Waals surface area contributed by atoms with Crippen LogP contribution in [0.5, 0.6) is 0 Å². The number of aromatic nitrogens is 1. The highest BCUT2D eigenvalue weighted by Crippen LogP contribution is 2.41. The van der Waals surface area contributed by atoms with E-state index in [0.717, 1.165) is 17.7 Å². The fourth-order valence-electron chi connectivity index (χ4n) is 3.50. The summed E-state index contributed by atoms with van der Waals surface area (Å²) < 4.78 is 16.6. The molecule has 3 aromatic rings. The highest BCUT2D eigenvalue weighted by atomic mass is 35.5. The molecule has 0 radical (unpaired) electrons. The van der Waals surface area contributed by atoms with Gasteiger partial charge >= 0.3 is 0 Å². The highest BCUT2D eigenvalue weighted by Gasteiger charge is 2.31. The van der Waals surface area contributed by atoms with Gasteiger partial charge in [0.25, 0.3) is 5.91 Å². The number of nitrogens with one attached hydrogen (secondary N) is 1. The Labute approximate surface area is 200 Å². The number of rotatable bonds is 4. The molecule has 4 rings (SSSR count). The van der Waals surface area contributed by atoms with Gasteiger partial charge in [0.1, 0.15) is 11.5 Å². The summed E-state index contributed by atoms with van der Waals surface area (Å²) >= 11 is 7.67. The minimum Gasteiger partial charge on any atom is -0.391 e. The topological polar surface area (TPSA) is 114 Å². The van der Waals surface area contributed by atoms with Gasteiger partial charge in [0, 0.05) is 43.6 Å². The van der Waals surface area contributed by atoms with E-state index in [4.69, 9.17) is 32.4 Å². The first-order valence-electron chi connectivity index (χ1n) is 10.2. The molecule has 1 aromatic carbocycles. The minimum atomic E-state index is -0.500. The second-order valence-electron chi connectivity index (χ2n) is 8.41. The third kappa shape index (κ3) is 6.70. The summed E-state index contributed by atoms with van der Waals surface area (Å²) in [4.78, 5) is 26.5. The Hall–Kier alpha value is -2.59. The van der Waals surface area contributed by atoms with Gasteiger partial charge < -0.3 is 20.7 Å². The van der Waals surface area contributed by atoms with Crippen LogP contribution in [0.15, 0.2) is 41.1 Å². The van der Waals surface area contributed by atoms with E-state index in [1.807, 2.05) is 21.4 Å². The summed E-state index contributed by atoms with van der Waals surface area (Å²) in [6.07, 6.45) is 0.719. The van der Waals surface area contributed by atoms with E-state index in [9.17, 15) is 9.18 Å². The van der Waals surface area contributed by atoms with E-state index in [1.165, 1.54) is 12.1 Å². The molecule has 1 unspecified atom stereocenters. The molecule has 1 aliphatic rings. The number of fused-ring (bicyclic) bond motifs is 1. The fraction of sp³-hybridized carbons (Fsp3) is 0.348. The first-order valence-corrected chi connectivity index (χ1v) is 11.5. The number of hydrogen-bond donors (Lipinski definition) is 3. The number of hydrogen-bond acceptors (Lipinski definition) is 6. The van der Waals surface area contributed by atoms with Crippen LogP contribution in [0.4, 0.5) is 4.39 Å². The molecule has 0 spiro atoms. The predicted molar refractivity (Wildman–Crippen MR) is 132 cm³/mol. The van der Waals surface area contributed by atoms with Crippen molar-refractivity contribution >= 4 is 28.8 Å². The Morgan fingerprint density at radius 3 is 2.48 bits per heavy atom. The maximum absolute atomic E-state index is 14.6. The highest BCUT2D eigenvalue weighted by molar-refractivity contribution is 7.08. The van der Waals surface area contributed by atoms with Gasteiger partial charge in [-0.25, -0.2) is 4.39 Å². The summed E-state index contributed by atoms with van der Waals surface area (Å²) in [5.41, 5.74) is 8.63. The van der Waals surface area contributed by atoms with Gasteiger partial charge in [-0.15, -0.1) is 0 Å². The van der Waals surface area contributed by atoms with Crippen LogP contribution in [0.2, 0.25) is 5.02 Å². The molecular weight excluding hydrogens is 469 g/mol. The largest absolute Gasteiger partial charge is 0.391 e. The van der Waals surface area contributed by atoms with E-state index in [2.05, 4.69) is 5.32 Å². The Morgan fingerprint density at radius 2 is 1.91 bits per heavy atom. The molecular formula is C23H27ClFN3O4S. The zero-order chi connectivity index (χ0) is 24.8. The number of halogens is 2. The molecule has 7 nitrogen and oxygen atoms in total. The van der Waals surface area contributed by atoms with Crippen molar-refractivity contribution in [2.24, 2.45) is 5.73 Å². The average Bonchev–Trinajstić information content (AvgIpc) is 3.40. The Balaban J connectivity index is 0.000000489. The van der Waals surface area contributed by atoms with Gasteiger partial charge in [-0.3, -0.25) is 4.79 Å². The number of benzene rings is 1. The van der Waals surface area contributed by atoms with Crippen LogP contribution < -0.4 is 11.1 Å². The first kappa shape index (κ1) is 26.7. The van der Waals surface area contributed by atoms with Crippen LogP contribution in [-0.2, 0) is 0 Å². The molecule has 2 aromatic heterocycles. The molecule has 33 heavy (non-hydrogen) atoms. The molecule has 178 valence electrons. The van der Waals surface area contributed by atoms with Crippen molar-refractivity contribution in [3.63, 3.8) is 0 Å². The maximum Gasteiger partial charge on any atom is 0.268 e. The molecule has 0 aliphatic carbocycles. The monoisotopic (exact) mass is 495 g/mol. The zero-order valence-corrected chi connectivity index (χ0v) is 20.2. The summed E-state index contributed by atoms with van der Waals surface area (Å²) in [6, 6.07) is 8.22.